The first-order chi connectivity index (χ1) is 5.35. The van der Waals surface area contributed by atoms with Crippen molar-refractivity contribution in [3.8, 4) is 0 Å². The molecule has 0 saturated heterocycles. The van der Waals surface area contributed by atoms with Crippen LogP contribution in [-0.2, 0) is 0 Å². The molecule has 0 rings (SSSR count). The summed E-state index contributed by atoms with van der Waals surface area (Å²) in [4.78, 5) is 0. The van der Waals surface area contributed by atoms with E-state index in [4.69, 9.17) is 5.11 Å². The van der Waals surface area contributed by atoms with Crippen molar-refractivity contribution in [2.24, 2.45) is 0 Å². The van der Waals surface area contributed by atoms with Gasteiger partial charge in [-0.3, -0.25) is 0 Å². The lowest BCUT2D eigenvalue weighted by Gasteiger charge is -2.12. The van der Waals surface area contributed by atoms with Crippen molar-refractivity contribution >= 4 is 0 Å². The molecule has 0 saturated carbocycles. The first-order valence-corrected chi connectivity index (χ1v) is 4.69. The number of unbranched alkanes of at least 4 members (excludes halogenated alkanes) is 2. The Balaban J connectivity index is 3.07. The quantitative estimate of drug-likeness (QED) is 0.552. The van der Waals surface area contributed by atoms with Crippen LogP contribution in [0.3, 0.4) is 0 Å². The van der Waals surface area contributed by atoms with E-state index in [1.165, 1.54) is 19.3 Å². The van der Waals surface area contributed by atoms with Crippen LogP contribution in [0.4, 0.5) is 0 Å². The molecule has 2 N–H and O–H groups in total. The van der Waals surface area contributed by atoms with Crippen molar-refractivity contribution in [1.29, 1.82) is 0 Å². The van der Waals surface area contributed by atoms with E-state index in [1.54, 1.807) is 0 Å². The molecule has 11 heavy (non-hydrogen) atoms. The monoisotopic (exact) mass is 159 g/mol. The predicted molar refractivity (Wildman–Crippen MR) is 48.7 cm³/mol. The maximum atomic E-state index is 8.82. The summed E-state index contributed by atoms with van der Waals surface area (Å²) in [5.74, 6) is 0. The van der Waals surface area contributed by atoms with E-state index in [1.807, 2.05) is 0 Å². The van der Waals surface area contributed by atoms with Crippen LogP contribution in [0.15, 0.2) is 0 Å². The molecular weight excluding hydrogens is 138 g/mol. The Morgan fingerprint density at radius 2 is 2.00 bits per heavy atom. The number of nitrogens with one attached hydrogen (secondary N) is 1. The zero-order valence-electron chi connectivity index (χ0n) is 7.77. The summed E-state index contributed by atoms with van der Waals surface area (Å²) >= 11 is 0. The van der Waals surface area contributed by atoms with Crippen molar-refractivity contribution in [2.75, 3.05) is 13.2 Å². The Bertz CT molecular complexity index is 72.0. The maximum absolute atomic E-state index is 8.82. The van der Waals surface area contributed by atoms with Gasteiger partial charge in [0.2, 0.25) is 0 Å². The molecule has 0 heterocycles. The van der Waals surface area contributed by atoms with Gasteiger partial charge in [0, 0.05) is 6.04 Å². The van der Waals surface area contributed by atoms with E-state index < -0.39 is 0 Å². The highest BCUT2D eigenvalue weighted by Gasteiger charge is 2.00. The molecule has 68 valence electrons. The average molecular weight is 159 g/mol. The van der Waals surface area contributed by atoms with Crippen LogP contribution in [0, 0.1) is 0 Å². The smallest absolute Gasteiger partial charge is 0.0584 e. The third kappa shape index (κ3) is 6.32. The van der Waals surface area contributed by atoms with Crippen LogP contribution in [0.1, 0.15) is 39.5 Å². The summed E-state index contributed by atoms with van der Waals surface area (Å²) in [5.41, 5.74) is 0. The summed E-state index contributed by atoms with van der Waals surface area (Å²) in [6.07, 6.45) is 4.79. The van der Waals surface area contributed by atoms with Crippen molar-refractivity contribution in [3.05, 3.63) is 0 Å². The molecule has 0 aliphatic heterocycles. The van der Waals surface area contributed by atoms with Crippen LogP contribution in [0.5, 0.6) is 0 Å². The first kappa shape index (κ1) is 10.9. The standard InChI is InChI=1S/C9H21NO/c1-3-5-6-7-10-9(4-2)8-11/h9-11H,3-8H2,1-2H3/t9-/m1/s1. The highest BCUT2D eigenvalue weighted by molar-refractivity contribution is 4.61. The van der Waals surface area contributed by atoms with Gasteiger partial charge in [0.05, 0.1) is 6.61 Å². The van der Waals surface area contributed by atoms with Gasteiger partial charge in [-0.15, -0.1) is 0 Å². The fourth-order valence-corrected chi connectivity index (χ4v) is 1.02. The second-order valence-corrected chi connectivity index (χ2v) is 2.95. The van der Waals surface area contributed by atoms with Crippen LogP contribution in [-0.4, -0.2) is 24.3 Å². The van der Waals surface area contributed by atoms with E-state index in [-0.39, 0.29) is 6.61 Å². The van der Waals surface area contributed by atoms with Crippen LogP contribution < -0.4 is 5.32 Å². The van der Waals surface area contributed by atoms with E-state index >= 15 is 0 Å². The number of rotatable bonds is 7. The Hall–Kier alpha value is -0.0800. The van der Waals surface area contributed by atoms with Gasteiger partial charge in [-0.1, -0.05) is 26.7 Å². The second kappa shape index (κ2) is 8.02. The average Bonchev–Trinajstić information content (AvgIpc) is 2.05. The topological polar surface area (TPSA) is 32.3 Å². The number of aliphatic hydroxyl groups excluding tert-OH is 1. The Labute approximate surface area is 70.0 Å². The molecule has 0 spiro atoms. The fraction of sp³-hybridized carbons (Fsp3) is 1.00. The molecule has 0 aliphatic carbocycles. The third-order valence-electron chi connectivity index (χ3n) is 1.93. The molecule has 0 aromatic carbocycles. The molecule has 0 unspecified atom stereocenters. The van der Waals surface area contributed by atoms with Gasteiger partial charge >= 0.3 is 0 Å². The summed E-state index contributed by atoms with van der Waals surface area (Å²) in [6, 6.07) is 0.312. The Kier molecular flexibility index (Phi) is 7.96. The largest absolute Gasteiger partial charge is 0.395 e. The molecule has 0 aliphatic rings. The van der Waals surface area contributed by atoms with Gasteiger partial charge in [-0.25, -0.2) is 0 Å². The van der Waals surface area contributed by atoms with E-state index in [0.29, 0.717) is 6.04 Å². The lowest BCUT2D eigenvalue weighted by Crippen LogP contribution is -2.32. The second-order valence-electron chi connectivity index (χ2n) is 2.95. The van der Waals surface area contributed by atoms with E-state index in [9.17, 15) is 0 Å². The highest BCUT2D eigenvalue weighted by atomic mass is 16.3. The molecule has 2 nitrogen and oxygen atoms in total. The van der Waals surface area contributed by atoms with E-state index in [0.717, 1.165) is 13.0 Å². The minimum Gasteiger partial charge on any atom is -0.395 e. The van der Waals surface area contributed by atoms with Crippen molar-refractivity contribution in [1.82, 2.24) is 5.32 Å². The van der Waals surface area contributed by atoms with Crippen molar-refractivity contribution in [2.45, 2.75) is 45.6 Å². The molecule has 0 aromatic heterocycles. The van der Waals surface area contributed by atoms with Gasteiger partial charge in [0.1, 0.15) is 0 Å². The Morgan fingerprint density at radius 3 is 2.45 bits per heavy atom. The molecule has 0 amide bonds. The minimum atomic E-state index is 0.266. The minimum absolute atomic E-state index is 0.266. The molecule has 1 atom stereocenters. The fourth-order valence-electron chi connectivity index (χ4n) is 1.02. The van der Waals surface area contributed by atoms with E-state index in [2.05, 4.69) is 19.2 Å². The molecule has 0 aromatic rings. The van der Waals surface area contributed by atoms with Gasteiger partial charge in [-0.05, 0) is 19.4 Å². The molecule has 0 bridgehead atoms. The van der Waals surface area contributed by atoms with Crippen molar-refractivity contribution < 1.29 is 5.11 Å². The first-order valence-electron chi connectivity index (χ1n) is 4.69. The van der Waals surface area contributed by atoms with Gasteiger partial charge in [0.25, 0.3) is 0 Å². The lowest BCUT2D eigenvalue weighted by atomic mass is 10.2. The van der Waals surface area contributed by atoms with Crippen molar-refractivity contribution in [3.63, 3.8) is 0 Å². The van der Waals surface area contributed by atoms with Gasteiger partial charge in [0.15, 0.2) is 0 Å². The number of hydrogen-bond acceptors (Lipinski definition) is 2. The van der Waals surface area contributed by atoms with Crippen LogP contribution in [0.2, 0.25) is 0 Å². The molecule has 0 radical (unpaired) electrons. The Morgan fingerprint density at radius 1 is 1.27 bits per heavy atom. The van der Waals surface area contributed by atoms with Gasteiger partial charge in [-0.2, -0.15) is 0 Å². The zero-order chi connectivity index (χ0) is 8.53. The molecule has 2 heteroatoms. The number of aliphatic hydroxyl groups is 1. The summed E-state index contributed by atoms with van der Waals surface area (Å²) in [7, 11) is 0. The summed E-state index contributed by atoms with van der Waals surface area (Å²) in [5, 5.41) is 12.1. The maximum Gasteiger partial charge on any atom is 0.0584 e. The lowest BCUT2D eigenvalue weighted by molar-refractivity contribution is 0.239. The highest BCUT2D eigenvalue weighted by Crippen LogP contribution is 1.94. The SMILES string of the molecule is CCCCCN[C@H](CC)CO. The normalized spacial score (nSPS) is 13.4. The van der Waals surface area contributed by atoms with Gasteiger partial charge < -0.3 is 10.4 Å². The molecular formula is C9H21NO. The summed E-state index contributed by atoms with van der Waals surface area (Å²) < 4.78 is 0. The molecule has 0 fully saturated rings. The third-order valence-corrected chi connectivity index (χ3v) is 1.93. The number of hydrogen-bond donors (Lipinski definition) is 2. The summed E-state index contributed by atoms with van der Waals surface area (Å²) in [6.45, 7) is 5.60. The van der Waals surface area contributed by atoms with Crippen LogP contribution in [0.25, 0.3) is 0 Å². The predicted octanol–water partition coefficient (Wildman–Crippen LogP) is 1.54. The van der Waals surface area contributed by atoms with Crippen LogP contribution >= 0.6 is 0 Å². The zero-order valence-corrected chi connectivity index (χ0v) is 7.77.